The Hall–Kier alpha value is -1.70. The van der Waals surface area contributed by atoms with Crippen LogP contribution in [0.2, 0.25) is 0 Å². The van der Waals surface area contributed by atoms with Crippen molar-refractivity contribution in [2.75, 3.05) is 0 Å². The van der Waals surface area contributed by atoms with E-state index in [1.54, 1.807) is 0 Å². The number of ketones is 2. The lowest BCUT2D eigenvalue weighted by Gasteiger charge is -2.19. The highest BCUT2D eigenvalue weighted by molar-refractivity contribution is 6.03. The van der Waals surface area contributed by atoms with Crippen LogP contribution in [0.5, 0.6) is 0 Å². The quantitative estimate of drug-likeness (QED) is 0.716. The van der Waals surface area contributed by atoms with E-state index in [0.29, 0.717) is 25.7 Å². The van der Waals surface area contributed by atoms with E-state index in [4.69, 9.17) is 0 Å². The maximum atomic E-state index is 12.3. The van der Waals surface area contributed by atoms with Crippen molar-refractivity contribution < 1.29 is 9.59 Å². The molecule has 2 nitrogen and oxygen atoms in total. The number of hydrogen-bond donors (Lipinski definition) is 0. The summed E-state index contributed by atoms with van der Waals surface area (Å²) >= 11 is 0. The van der Waals surface area contributed by atoms with Crippen LogP contribution in [0.25, 0.3) is 5.57 Å². The van der Waals surface area contributed by atoms with Crippen LogP contribution in [0.15, 0.2) is 35.9 Å². The van der Waals surface area contributed by atoms with Gasteiger partial charge in [-0.05, 0) is 36.5 Å². The first-order chi connectivity index (χ1) is 9.09. The Labute approximate surface area is 114 Å². The van der Waals surface area contributed by atoms with Crippen LogP contribution in [0.1, 0.15) is 45.1 Å². The minimum atomic E-state index is -0.0436. The Balaban J connectivity index is 2.38. The predicted octanol–water partition coefficient (Wildman–Crippen LogP) is 3.81. The molecule has 1 fully saturated rings. The van der Waals surface area contributed by atoms with Gasteiger partial charge in [0, 0.05) is 18.8 Å². The summed E-state index contributed by atoms with van der Waals surface area (Å²) in [4.78, 5) is 24.1. The van der Waals surface area contributed by atoms with Gasteiger partial charge in [0.1, 0.15) is 5.78 Å². The number of hydrogen-bond acceptors (Lipinski definition) is 2. The molecular formula is C17H20O2. The zero-order valence-corrected chi connectivity index (χ0v) is 11.6. The normalized spacial score (nSPS) is 23.8. The molecule has 1 aliphatic carbocycles. The Morgan fingerprint density at radius 3 is 2.47 bits per heavy atom. The van der Waals surface area contributed by atoms with Crippen molar-refractivity contribution in [3.8, 4) is 0 Å². The van der Waals surface area contributed by atoms with Crippen LogP contribution in [0.3, 0.4) is 0 Å². The third-order valence-electron chi connectivity index (χ3n) is 3.88. The van der Waals surface area contributed by atoms with Gasteiger partial charge in [0.05, 0.1) is 0 Å². The molecule has 0 N–H and O–H groups in total. The monoisotopic (exact) mass is 256 g/mol. The first-order valence-corrected chi connectivity index (χ1v) is 6.90. The molecule has 0 bridgehead atoms. The molecule has 1 aromatic rings. The molecule has 0 aromatic heterocycles. The van der Waals surface area contributed by atoms with Gasteiger partial charge in [-0.15, -0.1) is 0 Å². The first kappa shape index (κ1) is 13.7. The van der Waals surface area contributed by atoms with Crippen LogP contribution in [-0.4, -0.2) is 11.6 Å². The SMILES string of the molecule is C/C(=C1\CC(C)C(=O)CCCC1=O)c1ccccc1. The maximum absolute atomic E-state index is 12.3. The molecule has 1 aromatic carbocycles. The van der Waals surface area contributed by atoms with Crippen molar-refractivity contribution in [3.63, 3.8) is 0 Å². The molecular weight excluding hydrogens is 236 g/mol. The Morgan fingerprint density at radius 1 is 1.11 bits per heavy atom. The number of allylic oxidation sites excluding steroid dienone is 2. The Kier molecular flexibility index (Phi) is 4.31. The molecule has 2 heteroatoms. The number of rotatable bonds is 1. The fourth-order valence-electron chi connectivity index (χ4n) is 2.58. The second-order valence-electron chi connectivity index (χ2n) is 5.32. The zero-order valence-electron chi connectivity index (χ0n) is 11.6. The Morgan fingerprint density at radius 2 is 1.79 bits per heavy atom. The molecule has 0 saturated heterocycles. The van der Waals surface area contributed by atoms with Gasteiger partial charge < -0.3 is 0 Å². The van der Waals surface area contributed by atoms with Crippen LogP contribution in [0.4, 0.5) is 0 Å². The van der Waals surface area contributed by atoms with E-state index in [1.807, 2.05) is 44.2 Å². The smallest absolute Gasteiger partial charge is 0.159 e. The highest BCUT2D eigenvalue weighted by atomic mass is 16.1. The number of benzene rings is 1. The Bertz CT molecular complexity index is 511. The van der Waals surface area contributed by atoms with E-state index < -0.39 is 0 Å². The van der Waals surface area contributed by atoms with E-state index in [-0.39, 0.29) is 17.5 Å². The van der Waals surface area contributed by atoms with Crippen molar-refractivity contribution in [3.05, 3.63) is 41.5 Å². The lowest BCUT2D eigenvalue weighted by atomic mass is 9.84. The van der Waals surface area contributed by atoms with Crippen molar-refractivity contribution in [2.45, 2.75) is 39.5 Å². The van der Waals surface area contributed by atoms with Gasteiger partial charge in [-0.1, -0.05) is 37.3 Å². The van der Waals surface area contributed by atoms with Gasteiger partial charge in [0.15, 0.2) is 5.78 Å². The minimum absolute atomic E-state index is 0.0436. The van der Waals surface area contributed by atoms with E-state index >= 15 is 0 Å². The van der Waals surface area contributed by atoms with Crippen molar-refractivity contribution in [1.29, 1.82) is 0 Å². The fraction of sp³-hybridized carbons (Fsp3) is 0.412. The van der Waals surface area contributed by atoms with E-state index in [2.05, 4.69) is 0 Å². The van der Waals surface area contributed by atoms with Crippen molar-refractivity contribution >= 4 is 17.1 Å². The van der Waals surface area contributed by atoms with Gasteiger partial charge in [-0.3, -0.25) is 9.59 Å². The lowest BCUT2D eigenvalue weighted by Crippen LogP contribution is -2.19. The van der Waals surface area contributed by atoms with Gasteiger partial charge in [0.25, 0.3) is 0 Å². The molecule has 1 saturated carbocycles. The number of carbonyl (C=O) groups is 2. The summed E-state index contributed by atoms with van der Waals surface area (Å²) in [6.45, 7) is 3.92. The van der Waals surface area contributed by atoms with Gasteiger partial charge >= 0.3 is 0 Å². The topological polar surface area (TPSA) is 34.1 Å². The van der Waals surface area contributed by atoms with E-state index in [9.17, 15) is 9.59 Å². The summed E-state index contributed by atoms with van der Waals surface area (Å²) in [6.07, 6.45) is 2.31. The second-order valence-corrected chi connectivity index (χ2v) is 5.32. The molecule has 2 rings (SSSR count). The van der Waals surface area contributed by atoms with Crippen LogP contribution in [-0.2, 0) is 9.59 Å². The van der Waals surface area contributed by atoms with Crippen LogP contribution < -0.4 is 0 Å². The molecule has 0 radical (unpaired) electrons. The van der Waals surface area contributed by atoms with Gasteiger partial charge in [0.2, 0.25) is 0 Å². The second kappa shape index (κ2) is 5.96. The third kappa shape index (κ3) is 3.19. The number of Topliss-reactive ketones (excluding diaryl/α,β-unsaturated/α-hetero) is 2. The largest absolute Gasteiger partial charge is 0.299 e. The molecule has 100 valence electrons. The highest BCUT2D eigenvalue weighted by Crippen LogP contribution is 2.28. The minimum Gasteiger partial charge on any atom is -0.299 e. The van der Waals surface area contributed by atoms with Crippen LogP contribution in [0, 0.1) is 5.92 Å². The summed E-state index contributed by atoms with van der Waals surface area (Å²) in [5.41, 5.74) is 2.94. The predicted molar refractivity (Wildman–Crippen MR) is 76.7 cm³/mol. The molecule has 1 atom stereocenters. The summed E-state index contributed by atoms with van der Waals surface area (Å²) in [6, 6.07) is 9.94. The summed E-state index contributed by atoms with van der Waals surface area (Å²) in [5, 5.41) is 0. The first-order valence-electron chi connectivity index (χ1n) is 6.90. The van der Waals surface area contributed by atoms with Crippen molar-refractivity contribution in [1.82, 2.24) is 0 Å². The summed E-state index contributed by atoms with van der Waals surface area (Å²) in [5.74, 6) is 0.449. The highest BCUT2D eigenvalue weighted by Gasteiger charge is 2.23. The molecule has 0 spiro atoms. The molecule has 19 heavy (non-hydrogen) atoms. The standard InChI is InChI=1S/C17H20O2/c1-12-11-15(17(19)10-6-9-16(12)18)13(2)14-7-4-3-5-8-14/h3-5,7-8,12H,6,9-11H2,1-2H3/b15-13-. The van der Waals surface area contributed by atoms with E-state index in [1.165, 1.54) is 0 Å². The molecule has 0 amide bonds. The summed E-state index contributed by atoms with van der Waals surface area (Å²) < 4.78 is 0. The van der Waals surface area contributed by atoms with Gasteiger partial charge in [-0.2, -0.15) is 0 Å². The summed E-state index contributed by atoms with van der Waals surface area (Å²) in [7, 11) is 0. The van der Waals surface area contributed by atoms with E-state index in [0.717, 1.165) is 16.7 Å². The average molecular weight is 256 g/mol. The number of carbonyl (C=O) groups excluding carboxylic acids is 2. The van der Waals surface area contributed by atoms with Gasteiger partial charge in [-0.25, -0.2) is 0 Å². The molecule has 1 aliphatic rings. The lowest BCUT2D eigenvalue weighted by molar-refractivity contribution is -0.123. The maximum Gasteiger partial charge on any atom is 0.159 e. The molecule has 0 aliphatic heterocycles. The van der Waals surface area contributed by atoms with Crippen LogP contribution >= 0.6 is 0 Å². The zero-order chi connectivity index (χ0) is 13.8. The fourth-order valence-corrected chi connectivity index (χ4v) is 2.58. The molecule has 1 unspecified atom stereocenters. The molecule has 0 heterocycles. The average Bonchev–Trinajstić information content (AvgIpc) is 2.43. The van der Waals surface area contributed by atoms with Crippen molar-refractivity contribution in [2.24, 2.45) is 5.92 Å². The third-order valence-corrected chi connectivity index (χ3v) is 3.88.